The van der Waals surface area contributed by atoms with Gasteiger partial charge in [0.25, 0.3) is 6.43 Å². The third-order valence-electron chi connectivity index (χ3n) is 8.38. The Morgan fingerprint density at radius 3 is 2.37 bits per heavy atom. The molecule has 4 N–H and O–H groups in total. The topological polar surface area (TPSA) is 158 Å². The zero-order chi connectivity index (χ0) is 33.0. The van der Waals surface area contributed by atoms with Gasteiger partial charge >= 0.3 is 6.09 Å². The molecule has 1 aromatic carbocycles. The Morgan fingerprint density at radius 2 is 1.74 bits per heavy atom. The van der Waals surface area contributed by atoms with Crippen LogP contribution in [-0.2, 0) is 9.53 Å². The summed E-state index contributed by atoms with van der Waals surface area (Å²) >= 11 is 0. The Labute approximate surface area is 266 Å². The summed E-state index contributed by atoms with van der Waals surface area (Å²) in [6.07, 6.45) is -1.42. The van der Waals surface area contributed by atoms with Gasteiger partial charge in [-0.15, -0.1) is 0 Å². The van der Waals surface area contributed by atoms with Crippen molar-refractivity contribution in [2.45, 2.75) is 83.0 Å². The molecule has 2 fully saturated rings. The largest absolute Gasteiger partial charge is 0.465 e. The first-order valence-electron chi connectivity index (χ1n) is 15.6. The maximum absolute atomic E-state index is 14.2. The molecule has 2 amide bonds. The summed E-state index contributed by atoms with van der Waals surface area (Å²) in [5, 5.41) is 25.8. The SMILES string of the molecule is CC(C)(C)N(C(=O)O)[C@H](CCO)C(=O)N[C@H]1CC[C@H](Nc2cc(-n3c(C(F)F)nc4ccccc43)nc(N3CCOCC3)n2)CC1. The summed E-state index contributed by atoms with van der Waals surface area (Å²) in [7, 11) is 0. The van der Waals surface area contributed by atoms with Crippen LogP contribution in [0.15, 0.2) is 30.3 Å². The first-order valence-corrected chi connectivity index (χ1v) is 15.6. The maximum Gasteiger partial charge on any atom is 0.408 e. The number of carbonyl (C=O) groups excluding carboxylic acids is 1. The quantitative estimate of drug-likeness (QED) is 0.255. The lowest BCUT2D eigenvalue weighted by molar-refractivity contribution is -0.129. The first-order chi connectivity index (χ1) is 22.0. The fourth-order valence-corrected chi connectivity index (χ4v) is 6.22. The minimum atomic E-state index is -2.82. The number of alkyl halides is 2. The van der Waals surface area contributed by atoms with E-state index in [1.165, 1.54) is 4.57 Å². The summed E-state index contributed by atoms with van der Waals surface area (Å²) in [5.74, 6) is 0.338. The van der Waals surface area contributed by atoms with Crippen LogP contribution < -0.4 is 15.5 Å². The Morgan fingerprint density at radius 1 is 1.07 bits per heavy atom. The number of hydrogen-bond acceptors (Lipinski definition) is 9. The summed E-state index contributed by atoms with van der Waals surface area (Å²) in [6, 6.07) is 7.39. The minimum Gasteiger partial charge on any atom is -0.465 e. The van der Waals surface area contributed by atoms with E-state index in [1.54, 1.807) is 51.1 Å². The molecule has 3 heterocycles. The smallest absolute Gasteiger partial charge is 0.408 e. The molecule has 3 aromatic rings. The molecule has 0 spiro atoms. The van der Waals surface area contributed by atoms with E-state index in [0.717, 1.165) is 4.90 Å². The molecular weight excluding hydrogens is 602 g/mol. The summed E-state index contributed by atoms with van der Waals surface area (Å²) in [6.45, 7) is 6.93. The van der Waals surface area contributed by atoms with Gasteiger partial charge in [-0.05, 0) is 58.6 Å². The van der Waals surface area contributed by atoms with E-state index in [4.69, 9.17) is 14.7 Å². The molecule has 1 aliphatic heterocycles. The molecule has 0 radical (unpaired) electrons. The van der Waals surface area contributed by atoms with Crippen molar-refractivity contribution >= 4 is 34.8 Å². The number of carboxylic acid groups (broad SMARTS) is 1. The van der Waals surface area contributed by atoms with Gasteiger partial charge in [0.1, 0.15) is 17.7 Å². The van der Waals surface area contributed by atoms with Gasteiger partial charge < -0.3 is 30.5 Å². The van der Waals surface area contributed by atoms with Crippen LogP contribution in [-0.4, -0.2) is 103 Å². The number of aliphatic hydroxyl groups is 1. The second kappa shape index (κ2) is 14.1. The zero-order valence-corrected chi connectivity index (χ0v) is 26.3. The number of para-hydroxylation sites is 2. The highest BCUT2D eigenvalue weighted by Gasteiger charge is 2.38. The molecule has 0 bridgehead atoms. The normalized spacial score (nSPS) is 19.7. The fourth-order valence-electron chi connectivity index (χ4n) is 6.22. The average molecular weight is 645 g/mol. The first kappa shape index (κ1) is 33.3. The minimum absolute atomic E-state index is 0.00665. The number of benzene rings is 1. The van der Waals surface area contributed by atoms with Crippen LogP contribution in [0.4, 0.5) is 25.3 Å². The van der Waals surface area contributed by atoms with Gasteiger partial charge in [-0.25, -0.2) is 18.6 Å². The van der Waals surface area contributed by atoms with Crippen LogP contribution in [0.5, 0.6) is 0 Å². The number of rotatable bonds is 10. The van der Waals surface area contributed by atoms with E-state index < -0.39 is 35.8 Å². The van der Waals surface area contributed by atoms with Gasteiger partial charge in [-0.1, -0.05) is 12.1 Å². The van der Waals surface area contributed by atoms with Crippen LogP contribution in [0.3, 0.4) is 0 Å². The van der Waals surface area contributed by atoms with Crippen molar-refractivity contribution in [1.29, 1.82) is 0 Å². The molecule has 1 atom stereocenters. The van der Waals surface area contributed by atoms with Crippen LogP contribution in [0.2, 0.25) is 0 Å². The number of ether oxygens (including phenoxy) is 1. The number of hydrogen-bond donors (Lipinski definition) is 4. The molecule has 2 aromatic heterocycles. The van der Waals surface area contributed by atoms with Crippen molar-refractivity contribution in [2.75, 3.05) is 43.1 Å². The number of aliphatic hydroxyl groups excluding tert-OH is 1. The molecule has 2 aliphatic rings. The van der Waals surface area contributed by atoms with Gasteiger partial charge in [-0.2, -0.15) is 9.97 Å². The molecule has 1 saturated heterocycles. The van der Waals surface area contributed by atoms with Gasteiger partial charge in [0.05, 0.1) is 24.2 Å². The number of nitrogens with one attached hydrogen (secondary N) is 2. The van der Waals surface area contributed by atoms with Crippen LogP contribution in [0, 0.1) is 0 Å². The molecule has 250 valence electrons. The highest BCUT2D eigenvalue weighted by Crippen LogP contribution is 2.30. The Kier molecular flexibility index (Phi) is 10.2. The van der Waals surface area contributed by atoms with Crippen LogP contribution in [0.1, 0.15) is 65.1 Å². The van der Waals surface area contributed by atoms with Gasteiger partial charge in [0.15, 0.2) is 5.82 Å². The van der Waals surface area contributed by atoms with Crippen molar-refractivity contribution in [1.82, 2.24) is 29.7 Å². The van der Waals surface area contributed by atoms with Crippen molar-refractivity contribution in [3.05, 3.63) is 36.2 Å². The third kappa shape index (κ3) is 7.47. The summed E-state index contributed by atoms with van der Waals surface area (Å²) < 4.78 is 35.3. The van der Waals surface area contributed by atoms with E-state index in [-0.39, 0.29) is 30.9 Å². The van der Waals surface area contributed by atoms with Gasteiger partial charge in [-0.3, -0.25) is 14.3 Å². The lowest BCUT2D eigenvalue weighted by Crippen LogP contribution is -2.58. The molecule has 46 heavy (non-hydrogen) atoms. The maximum atomic E-state index is 14.2. The van der Waals surface area contributed by atoms with E-state index in [9.17, 15) is 28.6 Å². The monoisotopic (exact) mass is 644 g/mol. The summed E-state index contributed by atoms with van der Waals surface area (Å²) in [4.78, 5) is 41.9. The number of amides is 2. The lowest BCUT2D eigenvalue weighted by atomic mass is 9.90. The molecule has 13 nitrogen and oxygen atoms in total. The predicted molar refractivity (Wildman–Crippen MR) is 168 cm³/mol. The number of imidazole rings is 1. The van der Waals surface area contributed by atoms with Crippen molar-refractivity contribution in [3.8, 4) is 5.82 Å². The van der Waals surface area contributed by atoms with E-state index in [1.807, 2.05) is 4.90 Å². The third-order valence-corrected chi connectivity index (χ3v) is 8.38. The van der Waals surface area contributed by atoms with Crippen molar-refractivity contribution in [2.24, 2.45) is 0 Å². The van der Waals surface area contributed by atoms with Crippen LogP contribution >= 0.6 is 0 Å². The molecule has 5 rings (SSSR count). The molecule has 1 saturated carbocycles. The van der Waals surface area contributed by atoms with Crippen LogP contribution in [0.25, 0.3) is 16.9 Å². The molecule has 1 aliphatic carbocycles. The molecule has 15 heteroatoms. The predicted octanol–water partition coefficient (Wildman–Crippen LogP) is 3.96. The lowest BCUT2D eigenvalue weighted by Gasteiger charge is -2.39. The number of halogens is 2. The number of fused-ring (bicyclic) bond motifs is 1. The number of anilines is 2. The molecule has 0 unspecified atom stereocenters. The second-order valence-electron chi connectivity index (χ2n) is 12.7. The van der Waals surface area contributed by atoms with E-state index >= 15 is 0 Å². The number of nitrogens with zero attached hydrogens (tertiary/aromatic N) is 6. The Hall–Kier alpha value is -4.11. The van der Waals surface area contributed by atoms with Crippen molar-refractivity contribution in [3.63, 3.8) is 0 Å². The number of aromatic nitrogens is 4. The van der Waals surface area contributed by atoms with Crippen molar-refractivity contribution < 1.29 is 33.3 Å². The highest BCUT2D eigenvalue weighted by atomic mass is 19.3. The Balaban J connectivity index is 1.33. The standard InChI is InChI=1S/C31H42F2N8O5/c1-31(2,3)41(30(44)45)23(12-15-42)28(43)35-20-10-8-19(9-11-20)34-24-18-25(38-29(37-24)39-13-16-46-17-14-39)40-22-7-5-4-6-21(22)36-27(40)26(32)33/h4-7,18-20,23,26,42H,8-17H2,1-3H3,(H,35,43)(H,44,45)(H,34,37,38)/t19-,20-,23-/m1/s1. The molecular formula is C31H42F2N8O5. The number of morpholine rings is 1. The average Bonchev–Trinajstić information content (AvgIpc) is 3.41. The van der Waals surface area contributed by atoms with E-state index in [2.05, 4.69) is 15.6 Å². The van der Waals surface area contributed by atoms with Gasteiger partial charge in [0, 0.05) is 49.8 Å². The number of carbonyl (C=O) groups is 2. The summed E-state index contributed by atoms with van der Waals surface area (Å²) in [5.41, 5.74) is 0.119. The highest BCUT2D eigenvalue weighted by molar-refractivity contribution is 5.86. The Bertz CT molecular complexity index is 1520. The second-order valence-corrected chi connectivity index (χ2v) is 12.7. The van der Waals surface area contributed by atoms with Gasteiger partial charge in [0.2, 0.25) is 11.9 Å². The fraction of sp³-hybridized carbons (Fsp3) is 0.581. The van der Waals surface area contributed by atoms with E-state index in [0.29, 0.717) is 74.8 Å². The zero-order valence-electron chi connectivity index (χ0n) is 26.3.